The van der Waals surface area contributed by atoms with Crippen LogP contribution in [-0.2, 0) is 32.2 Å². The first-order valence-electron chi connectivity index (χ1n) is 11.2. The van der Waals surface area contributed by atoms with E-state index in [0.29, 0.717) is 26.2 Å². The molecule has 2 atom stereocenters. The van der Waals surface area contributed by atoms with Gasteiger partial charge in [-0.3, -0.25) is 19.4 Å². The zero-order valence-corrected chi connectivity index (χ0v) is 19.9. The molecule has 0 saturated heterocycles. The molecule has 0 aliphatic carbocycles. The average Bonchev–Trinajstić information content (AvgIpc) is 2.83. The maximum absolute atomic E-state index is 11.4. The number of ether oxygens (including phenoxy) is 2. The largest absolute Gasteiger partial charge is 0.463 e. The molecule has 6 heteroatoms. The first-order chi connectivity index (χ1) is 16.4. The molecule has 0 aliphatic heterocycles. The van der Waals surface area contributed by atoms with Gasteiger partial charge in [0.2, 0.25) is 0 Å². The molecule has 0 radical (unpaired) electrons. The number of esters is 2. The van der Waals surface area contributed by atoms with Gasteiger partial charge in [-0.05, 0) is 11.1 Å². The summed E-state index contributed by atoms with van der Waals surface area (Å²) >= 11 is 0. The zero-order valence-electron chi connectivity index (χ0n) is 19.9. The van der Waals surface area contributed by atoms with Crippen LogP contribution in [-0.4, -0.2) is 60.1 Å². The van der Waals surface area contributed by atoms with E-state index in [1.54, 1.807) is 0 Å². The monoisotopic (exact) mass is 460 g/mol. The molecule has 2 aromatic carbocycles. The van der Waals surface area contributed by atoms with Gasteiger partial charge in [0.05, 0.1) is 0 Å². The van der Waals surface area contributed by atoms with Crippen molar-refractivity contribution in [2.75, 3.05) is 26.3 Å². The molecule has 6 nitrogen and oxygen atoms in total. The highest BCUT2D eigenvalue weighted by Crippen LogP contribution is 2.13. The number of benzene rings is 2. The Morgan fingerprint density at radius 1 is 0.735 bits per heavy atom. The fraction of sp³-hybridized carbons (Fsp3) is 0.357. The Morgan fingerprint density at radius 3 is 1.38 bits per heavy atom. The smallest absolute Gasteiger partial charge is 0.302 e. The second-order valence-corrected chi connectivity index (χ2v) is 7.88. The molecule has 0 heterocycles. The molecule has 0 N–H and O–H groups in total. The van der Waals surface area contributed by atoms with Crippen molar-refractivity contribution in [1.29, 1.82) is 0 Å². The molecule has 0 aromatic heterocycles. The second kappa shape index (κ2) is 14.5. The summed E-state index contributed by atoms with van der Waals surface area (Å²) in [6.45, 7) is 5.23. The van der Waals surface area contributed by atoms with Gasteiger partial charge in [0.15, 0.2) is 0 Å². The van der Waals surface area contributed by atoms with Crippen LogP contribution < -0.4 is 0 Å². The maximum Gasteiger partial charge on any atom is 0.302 e. The van der Waals surface area contributed by atoms with Crippen molar-refractivity contribution in [3.8, 4) is 24.7 Å². The van der Waals surface area contributed by atoms with E-state index < -0.39 is 12.1 Å². The van der Waals surface area contributed by atoms with E-state index in [4.69, 9.17) is 22.3 Å². The lowest BCUT2D eigenvalue weighted by atomic mass is 10.1. The van der Waals surface area contributed by atoms with Crippen molar-refractivity contribution in [1.82, 2.24) is 9.80 Å². The van der Waals surface area contributed by atoms with Crippen molar-refractivity contribution in [3.05, 3.63) is 71.8 Å². The molecule has 0 bridgehead atoms. The van der Waals surface area contributed by atoms with E-state index in [9.17, 15) is 9.59 Å². The van der Waals surface area contributed by atoms with Crippen molar-refractivity contribution >= 4 is 11.9 Å². The van der Waals surface area contributed by atoms with Crippen LogP contribution in [0.15, 0.2) is 60.7 Å². The third kappa shape index (κ3) is 9.50. The third-order valence-electron chi connectivity index (χ3n) is 5.29. The van der Waals surface area contributed by atoms with E-state index in [0.717, 1.165) is 11.1 Å². The summed E-state index contributed by atoms with van der Waals surface area (Å²) in [6, 6.07) is 19.1. The highest BCUT2D eigenvalue weighted by atomic mass is 16.5. The maximum atomic E-state index is 11.4. The van der Waals surface area contributed by atoms with Gasteiger partial charge in [-0.25, -0.2) is 0 Å². The molecule has 2 unspecified atom stereocenters. The molecule has 0 aliphatic rings. The van der Waals surface area contributed by atoms with E-state index >= 15 is 0 Å². The molecular formula is C28H32N2O4. The highest BCUT2D eigenvalue weighted by molar-refractivity contribution is 5.66. The molecule has 0 spiro atoms. The van der Waals surface area contributed by atoms with Crippen LogP contribution in [0.5, 0.6) is 0 Å². The fourth-order valence-corrected chi connectivity index (χ4v) is 3.49. The second-order valence-electron chi connectivity index (χ2n) is 7.88. The number of nitrogens with zero attached hydrogens (tertiary/aromatic N) is 2. The van der Waals surface area contributed by atoms with E-state index in [1.165, 1.54) is 13.8 Å². The predicted octanol–water partition coefficient (Wildman–Crippen LogP) is 3.12. The van der Waals surface area contributed by atoms with E-state index in [1.807, 2.05) is 60.7 Å². The third-order valence-corrected chi connectivity index (χ3v) is 5.29. The van der Waals surface area contributed by atoms with E-state index in [-0.39, 0.29) is 25.2 Å². The summed E-state index contributed by atoms with van der Waals surface area (Å²) in [5.41, 5.74) is 2.18. The minimum Gasteiger partial charge on any atom is -0.463 e. The van der Waals surface area contributed by atoms with Gasteiger partial charge in [0.1, 0.15) is 25.3 Å². The minimum absolute atomic E-state index is 0.101. The SMILES string of the molecule is C#CC(COC(C)=O)N(CCN(Cc1ccccc1)C(C#C)COC(C)=O)Cc1ccccc1. The Kier molecular flexibility index (Phi) is 11.4. The molecule has 2 rings (SSSR count). The summed E-state index contributed by atoms with van der Waals surface area (Å²) in [6.07, 6.45) is 11.6. The van der Waals surface area contributed by atoms with Crippen molar-refractivity contribution in [2.45, 2.75) is 39.0 Å². The van der Waals surface area contributed by atoms with Gasteiger partial charge in [0, 0.05) is 40.0 Å². The van der Waals surface area contributed by atoms with Gasteiger partial charge in [-0.2, -0.15) is 0 Å². The molecule has 0 fully saturated rings. The van der Waals surface area contributed by atoms with Gasteiger partial charge in [0.25, 0.3) is 0 Å². The van der Waals surface area contributed by atoms with Crippen LogP contribution in [0.4, 0.5) is 0 Å². The van der Waals surface area contributed by atoms with Gasteiger partial charge >= 0.3 is 11.9 Å². The lowest BCUT2D eigenvalue weighted by molar-refractivity contribution is -0.143. The number of hydrogen-bond acceptors (Lipinski definition) is 6. The van der Waals surface area contributed by atoms with Crippen LogP contribution in [0.3, 0.4) is 0 Å². The molecule has 2 aromatic rings. The first-order valence-corrected chi connectivity index (χ1v) is 11.2. The van der Waals surface area contributed by atoms with Crippen molar-refractivity contribution in [3.63, 3.8) is 0 Å². The van der Waals surface area contributed by atoms with Crippen molar-refractivity contribution < 1.29 is 19.1 Å². The standard InChI is InChI=1S/C28H32N2O4/c1-5-27(21-33-23(3)31)29(19-25-13-9-7-10-14-25)17-18-30(20-26-15-11-8-12-16-26)28(6-2)22-34-24(4)32/h1-2,7-16,27-28H,17-22H2,3-4H3. The summed E-state index contributed by atoms with van der Waals surface area (Å²) in [5, 5.41) is 0. The highest BCUT2D eigenvalue weighted by Gasteiger charge is 2.23. The summed E-state index contributed by atoms with van der Waals surface area (Å²) in [5.74, 6) is 4.76. The molecule has 178 valence electrons. The normalized spacial score (nSPS) is 12.4. The van der Waals surface area contributed by atoms with Gasteiger partial charge < -0.3 is 9.47 Å². The summed E-state index contributed by atoms with van der Waals surface area (Å²) < 4.78 is 10.4. The molecule has 0 amide bonds. The van der Waals surface area contributed by atoms with Crippen LogP contribution in [0.25, 0.3) is 0 Å². The Morgan fingerprint density at radius 2 is 1.09 bits per heavy atom. The lowest BCUT2D eigenvalue weighted by Crippen LogP contribution is -2.46. The summed E-state index contributed by atoms with van der Waals surface area (Å²) in [7, 11) is 0. The zero-order chi connectivity index (χ0) is 24.8. The number of terminal acetylenes is 2. The molecular weight excluding hydrogens is 428 g/mol. The Balaban J connectivity index is 2.22. The lowest BCUT2D eigenvalue weighted by Gasteiger charge is -2.33. The van der Waals surface area contributed by atoms with Gasteiger partial charge in [-0.1, -0.05) is 72.5 Å². The van der Waals surface area contributed by atoms with Crippen LogP contribution in [0.1, 0.15) is 25.0 Å². The van der Waals surface area contributed by atoms with Crippen LogP contribution in [0.2, 0.25) is 0 Å². The number of carbonyl (C=O) groups is 2. The molecule has 34 heavy (non-hydrogen) atoms. The van der Waals surface area contributed by atoms with E-state index in [2.05, 4.69) is 21.6 Å². The Labute approximate surface area is 202 Å². The van der Waals surface area contributed by atoms with Crippen molar-refractivity contribution in [2.24, 2.45) is 0 Å². The quantitative estimate of drug-likeness (QED) is 0.338. The Bertz CT molecular complexity index is 897. The number of rotatable bonds is 13. The Hall–Kier alpha value is -3.58. The number of carbonyl (C=O) groups excluding carboxylic acids is 2. The fourth-order valence-electron chi connectivity index (χ4n) is 3.49. The van der Waals surface area contributed by atoms with Gasteiger partial charge in [-0.15, -0.1) is 12.8 Å². The first kappa shape index (κ1) is 26.7. The van der Waals surface area contributed by atoms with Crippen LogP contribution in [0, 0.1) is 24.7 Å². The van der Waals surface area contributed by atoms with Crippen LogP contribution >= 0.6 is 0 Å². The average molecular weight is 461 g/mol. The molecule has 0 saturated carbocycles. The minimum atomic E-state index is -0.402. The topological polar surface area (TPSA) is 59.1 Å². The predicted molar refractivity (Wildman–Crippen MR) is 132 cm³/mol. The summed E-state index contributed by atoms with van der Waals surface area (Å²) in [4.78, 5) is 27.0. The number of hydrogen-bond donors (Lipinski definition) is 0.